The smallest absolute Gasteiger partial charge is 0.416 e. The predicted octanol–water partition coefficient (Wildman–Crippen LogP) is 4.81. The first-order valence-corrected chi connectivity index (χ1v) is 9.08. The predicted molar refractivity (Wildman–Crippen MR) is 100 cm³/mol. The summed E-state index contributed by atoms with van der Waals surface area (Å²) in [5.41, 5.74) is 1.46. The zero-order valence-electron chi connectivity index (χ0n) is 15.3. The Morgan fingerprint density at radius 2 is 1.64 bits per heavy atom. The van der Waals surface area contributed by atoms with Crippen molar-refractivity contribution in [1.29, 1.82) is 0 Å². The fourth-order valence-electron chi connectivity index (χ4n) is 3.73. The number of hydrogen-bond acceptors (Lipinski definition) is 2. The zero-order valence-corrected chi connectivity index (χ0v) is 15.3. The molecule has 1 aromatic heterocycles. The molecule has 0 radical (unpaired) electrons. The van der Waals surface area contributed by atoms with E-state index in [4.69, 9.17) is 0 Å². The van der Waals surface area contributed by atoms with Crippen LogP contribution in [0, 0.1) is 6.92 Å². The van der Waals surface area contributed by atoms with Crippen LogP contribution in [0.15, 0.2) is 47.3 Å². The van der Waals surface area contributed by atoms with Crippen LogP contribution in [0.4, 0.5) is 13.2 Å². The molecule has 4 rings (SSSR count). The van der Waals surface area contributed by atoms with Crippen molar-refractivity contribution in [1.82, 2.24) is 9.36 Å². The van der Waals surface area contributed by atoms with E-state index in [1.54, 1.807) is 28.9 Å². The van der Waals surface area contributed by atoms with Gasteiger partial charge in [-0.15, -0.1) is 0 Å². The van der Waals surface area contributed by atoms with Crippen LogP contribution in [0.2, 0.25) is 0 Å². The van der Waals surface area contributed by atoms with Gasteiger partial charge in [-0.1, -0.05) is 24.3 Å². The maximum absolute atomic E-state index is 13.0. The Morgan fingerprint density at radius 1 is 0.964 bits per heavy atom. The summed E-state index contributed by atoms with van der Waals surface area (Å²) in [5, 5.41) is 10.6. The topological polar surface area (TPSA) is 47.2 Å². The first kappa shape index (κ1) is 18.4. The number of nitrogens with zero attached hydrogens (tertiary/aromatic N) is 2. The molecule has 0 spiro atoms. The van der Waals surface area contributed by atoms with Crippen LogP contribution < -0.4 is 5.56 Å². The Morgan fingerprint density at radius 3 is 2.32 bits per heavy atom. The molecule has 4 nitrogen and oxygen atoms in total. The van der Waals surface area contributed by atoms with Gasteiger partial charge in [0, 0.05) is 13.1 Å². The van der Waals surface area contributed by atoms with Crippen LogP contribution >= 0.6 is 0 Å². The van der Waals surface area contributed by atoms with Crippen LogP contribution in [-0.2, 0) is 19.3 Å². The third-order valence-corrected chi connectivity index (χ3v) is 5.23. The lowest BCUT2D eigenvalue weighted by Gasteiger charge is -2.16. The molecule has 0 amide bonds. The van der Waals surface area contributed by atoms with Gasteiger partial charge in [-0.05, 0) is 60.2 Å². The van der Waals surface area contributed by atoms with Crippen LogP contribution in [0.3, 0.4) is 0 Å². The van der Waals surface area contributed by atoms with Crippen molar-refractivity contribution in [2.45, 2.75) is 39.0 Å². The van der Waals surface area contributed by atoms with Crippen molar-refractivity contribution >= 4 is 0 Å². The van der Waals surface area contributed by atoms with Gasteiger partial charge in [-0.2, -0.15) is 13.2 Å². The number of halogens is 3. The summed E-state index contributed by atoms with van der Waals surface area (Å²) >= 11 is 0. The van der Waals surface area contributed by atoms with Gasteiger partial charge in [0.1, 0.15) is 5.56 Å². The van der Waals surface area contributed by atoms with Gasteiger partial charge in [0.2, 0.25) is 5.88 Å². The molecule has 146 valence electrons. The van der Waals surface area contributed by atoms with Gasteiger partial charge in [-0.25, -0.2) is 4.68 Å². The summed E-state index contributed by atoms with van der Waals surface area (Å²) in [6, 6.07) is 10.2. The molecule has 1 aliphatic heterocycles. The van der Waals surface area contributed by atoms with Crippen molar-refractivity contribution in [2.24, 2.45) is 0 Å². The summed E-state index contributed by atoms with van der Waals surface area (Å²) in [7, 11) is 0. The second kappa shape index (κ2) is 6.58. The molecule has 1 N–H and O–H groups in total. The maximum Gasteiger partial charge on any atom is 0.416 e. The maximum atomic E-state index is 13.0. The minimum atomic E-state index is -4.43. The van der Waals surface area contributed by atoms with E-state index in [0.717, 1.165) is 30.5 Å². The van der Waals surface area contributed by atoms with Crippen molar-refractivity contribution < 1.29 is 18.3 Å². The molecule has 3 aromatic rings. The van der Waals surface area contributed by atoms with Gasteiger partial charge in [-0.3, -0.25) is 9.48 Å². The summed E-state index contributed by atoms with van der Waals surface area (Å²) in [6.45, 7) is 2.91. The summed E-state index contributed by atoms with van der Waals surface area (Å²) < 4.78 is 42.3. The molecule has 0 aliphatic carbocycles. The molecule has 0 saturated heterocycles. The number of aryl methyl sites for hydroxylation is 1. The minimum absolute atomic E-state index is 0.0889. The Balaban J connectivity index is 1.86. The van der Waals surface area contributed by atoms with Crippen molar-refractivity contribution in [3.63, 3.8) is 0 Å². The van der Waals surface area contributed by atoms with Gasteiger partial charge in [0.15, 0.2) is 0 Å². The van der Waals surface area contributed by atoms with E-state index in [9.17, 15) is 23.1 Å². The minimum Gasteiger partial charge on any atom is -0.493 e. The lowest BCUT2D eigenvalue weighted by molar-refractivity contribution is -0.137. The highest BCUT2D eigenvalue weighted by atomic mass is 19.4. The van der Waals surface area contributed by atoms with Crippen LogP contribution in [-0.4, -0.2) is 14.5 Å². The fourth-order valence-corrected chi connectivity index (χ4v) is 3.73. The number of hydrogen-bond donors (Lipinski definition) is 1. The van der Waals surface area contributed by atoms with E-state index >= 15 is 0 Å². The Bertz CT molecular complexity index is 1110. The molecule has 0 fully saturated rings. The highest BCUT2D eigenvalue weighted by Gasteiger charge is 2.30. The van der Waals surface area contributed by atoms with Crippen LogP contribution in [0.5, 0.6) is 5.88 Å². The molecule has 2 aromatic carbocycles. The van der Waals surface area contributed by atoms with Crippen molar-refractivity contribution in [2.75, 3.05) is 0 Å². The van der Waals surface area contributed by atoms with Crippen LogP contribution in [0.25, 0.3) is 22.3 Å². The molecular formula is C21H19F3N2O2. The standard InChI is InChI=1S/C21H19F3N2O2/c1-13-7-8-15(14-5-4-6-16(11-14)21(22,23)24)12-17(13)18-19(27)25-9-2-3-10-26(25)20(18)28/h4-8,11-12,27H,2-3,9-10H2,1H3. The monoisotopic (exact) mass is 388 g/mol. The van der Waals surface area contributed by atoms with E-state index in [2.05, 4.69) is 0 Å². The highest BCUT2D eigenvalue weighted by Crippen LogP contribution is 2.36. The lowest BCUT2D eigenvalue weighted by atomic mass is 9.95. The highest BCUT2D eigenvalue weighted by molar-refractivity contribution is 5.77. The van der Waals surface area contributed by atoms with Gasteiger partial charge >= 0.3 is 6.18 Å². The number of aromatic hydroxyl groups is 1. The van der Waals surface area contributed by atoms with E-state index in [1.807, 2.05) is 6.92 Å². The SMILES string of the molecule is Cc1ccc(-c2cccc(C(F)(F)F)c2)cc1-c1c(O)n2n(c1=O)CCCC2. The Kier molecular flexibility index (Phi) is 4.33. The number of aromatic nitrogens is 2. The van der Waals surface area contributed by atoms with E-state index in [0.29, 0.717) is 29.8 Å². The van der Waals surface area contributed by atoms with Gasteiger partial charge in [0.05, 0.1) is 5.56 Å². The molecule has 2 heterocycles. The van der Waals surface area contributed by atoms with E-state index < -0.39 is 11.7 Å². The number of benzene rings is 2. The molecule has 1 aliphatic rings. The first-order chi connectivity index (χ1) is 13.3. The number of rotatable bonds is 2. The summed E-state index contributed by atoms with van der Waals surface area (Å²) in [4.78, 5) is 12.9. The first-order valence-electron chi connectivity index (χ1n) is 9.08. The third kappa shape index (κ3) is 3.00. The normalized spacial score (nSPS) is 14.1. The van der Waals surface area contributed by atoms with Gasteiger partial charge in [0.25, 0.3) is 5.56 Å². The average molecular weight is 388 g/mol. The largest absolute Gasteiger partial charge is 0.493 e. The average Bonchev–Trinajstić information content (AvgIpc) is 2.93. The number of alkyl halides is 3. The summed E-state index contributed by atoms with van der Waals surface area (Å²) in [6.07, 6.45) is -2.68. The zero-order chi connectivity index (χ0) is 20.1. The van der Waals surface area contributed by atoms with Crippen LogP contribution in [0.1, 0.15) is 24.0 Å². The van der Waals surface area contributed by atoms with Gasteiger partial charge < -0.3 is 5.11 Å². The van der Waals surface area contributed by atoms with E-state index in [1.165, 1.54) is 10.7 Å². The second-order valence-corrected chi connectivity index (χ2v) is 7.07. The Hall–Kier alpha value is -2.96. The molecule has 0 unspecified atom stereocenters. The molecule has 7 heteroatoms. The quantitative estimate of drug-likeness (QED) is 0.685. The molecular weight excluding hydrogens is 369 g/mol. The van der Waals surface area contributed by atoms with Crippen molar-refractivity contribution in [3.8, 4) is 28.1 Å². The molecule has 0 atom stereocenters. The lowest BCUT2D eigenvalue weighted by Crippen LogP contribution is -2.27. The molecule has 28 heavy (non-hydrogen) atoms. The molecule has 0 saturated carbocycles. The van der Waals surface area contributed by atoms with E-state index in [-0.39, 0.29) is 17.0 Å². The summed E-state index contributed by atoms with van der Waals surface area (Å²) in [5.74, 6) is -0.0889. The van der Waals surface area contributed by atoms with Crippen molar-refractivity contribution in [3.05, 3.63) is 63.9 Å². The third-order valence-electron chi connectivity index (χ3n) is 5.23. The fraction of sp³-hybridized carbons (Fsp3) is 0.286. The number of fused-ring (bicyclic) bond motifs is 1. The second-order valence-electron chi connectivity index (χ2n) is 7.07. The molecule has 0 bridgehead atoms. The Labute approximate surface area is 159 Å².